The summed E-state index contributed by atoms with van der Waals surface area (Å²) >= 11 is 0. The van der Waals surface area contributed by atoms with Gasteiger partial charge < -0.3 is 10.3 Å². The number of hydrogen-bond acceptors (Lipinski definition) is 4. The van der Waals surface area contributed by atoms with Crippen LogP contribution in [-0.4, -0.2) is 16.2 Å². The number of aromatic nitrogens is 2. The molecule has 21 heavy (non-hydrogen) atoms. The van der Waals surface area contributed by atoms with Gasteiger partial charge in [0.1, 0.15) is 5.82 Å². The monoisotopic (exact) mass is 309 g/mol. The van der Waals surface area contributed by atoms with Gasteiger partial charge in [-0.15, -0.1) is 12.4 Å². The van der Waals surface area contributed by atoms with Gasteiger partial charge in [-0.2, -0.15) is 4.98 Å². The summed E-state index contributed by atoms with van der Waals surface area (Å²) in [4.78, 5) is 4.39. The molecule has 0 radical (unpaired) electrons. The van der Waals surface area contributed by atoms with Crippen molar-refractivity contribution in [1.29, 1.82) is 0 Å². The van der Waals surface area contributed by atoms with Crippen molar-refractivity contribution in [1.82, 2.24) is 10.1 Å². The van der Waals surface area contributed by atoms with Crippen molar-refractivity contribution in [2.24, 2.45) is 17.6 Å². The van der Waals surface area contributed by atoms with Gasteiger partial charge in [0.25, 0.3) is 0 Å². The third kappa shape index (κ3) is 2.24. The van der Waals surface area contributed by atoms with Crippen molar-refractivity contribution in [3.63, 3.8) is 0 Å². The second kappa shape index (κ2) is 5.39. The largest absolute Gasteiger partial charge is 0.339 e. The Labute approximate surface area is 128 Å². The average molecular weight is 310 g/mol. The Morgan fingerprint density at radius 1 is 1.19 bits per heavy atom. The first kappa shape index (κ1) is 14.5. The van der Waals surface area contributed by atoms with Crippen LogP contribution in [0.1, 0.15) is 31.1 Å². The second-order valence-corrected chi connectivity index (χ2v) is 5.87. The zero-order valence-electron chi connectivity index (χ0n) is 11.4. The normalized spacial score (nSPS) is 30.4. The minimum atomic E-state index is -0.336. The van der Waals surface area contributed by atoms with Crippen molar-refractivity contribution in [3.05, 3.63) is 36.0 Å². The summed E-state index contributed by atoms with van der Waals surface area (Å²) in [5.41, 5.74) is 6.65. The van der Waals surface area contributed by atoms with Crippen LogP contribution in [0.5, 0.6) is 0 Å². The standard InChI is InChI=1S/C15H16FN3O.ClH/c16-11-4-2-1-3-10(11)14-18-15(20-19-14)12-8-5-6-9(7-8)13(12)17;/h1-4,8-9,12-13H,5-7,17H2;1H. The molecule has 1 heterocycles. The number of fused-ring (bicyclic) bond motifs is 2. The van der Waals surface area contributed by atoms with Gasteiger partial charge in [0.15, 0.2) is 0 Å². The Morgan fingerprint density at radius 3 is 2.67 bits per heavy atom. The molecule has 6 heteroatoms. The van der Waals surface area contributed by atoms with Crippen LogP contribution in [0.2, 0.25) is 0 Å². The molecule has 4 unspecified atom stereocenters. The van der Waals surface area contributed by atoms with E-state index in [0.717, 1.165) is 6.42 Å². The van der Waals surface area contributed by atoms with Crippen LogP contribution < -0.4 is 5.73 Å². The summed E-state index contributed by atoms with van der Waals surface area (Å²) in [7, 11) is 0. The van der Waals surface area contributed by atoms with Crippen molar-refractivity contribution >= 4 is 12.4 Å². The number of benzene rings is 1. The first-order chi connectivity index (χ1) is 9.74. The predicted octanol–water partition coefficient (Wildman–Crippen LogP) is 3.14. The van der Waals surface area contributed by atoms with Gasteiger partial charge in [-0.05, 0) is 43.2 Å². The molecule has 1 aromatic carbocycles. The highest BCUT2D eigenvalue weighted by Crippen LogP contribution is 2.51. The van der Waals surface area contributed by atoms with Crippen LogP contribution in [0.4, 0.5) is 4.39 Å². The van der Waals surface area contributed by atoms with E-state index >= 15 is 0 Å². The molecule has 0 amide bonds. The number of nitrogens with zero attached hydrogens (tertiary/aromatic N) is 2. The molecule has 2 saturated carbocycles. The molecule has 2 fully saturated rings. The van der Waals surface area contributed by atoms with E-state index in [1.807, 2.05) is 0 Å². The van der Waals surface area contributed by atoms with Gasteiger partial charge in [-0.3, -0.25) is 0 Å². The number of hydrogen-bond donors (Lipinski definition) is 1. The summed E-state index contributed by atoms with van der Waals surface area (Å²) in [6.07, 6.45) is 3.54. The quantitative estimate of drug-likeness (QED) is 0.925. The molecular formula is C15H17ClFN3O. The first-order valence-corrected chi connectivity index (χ1v) is 7.08. The fourth-order valence-corrected chi connectivity index (χ4v) is 3.82. The van der Waals surface area contributed by atoms with E-state index in [1.54, 1.807) is 18.2 Å². The molecule has 2 aliphatic carbocycles. The van der Waals surface area contributed by atoms with Crippen LogP contribution >= 0.6 is 12.4 Å². The minimum absolute atomic E-state index is 0. The highest BCUT2D eigenvalue weighted by atomic mass is 35.5. The van der Waals surface area contributed by atoms with Crippen molar-refractivity contribution < 1.29 is 8.91 Å². The Hall–Kier alpha value is -1.46. The third-order valence-electron chi connectivity index (χ3n) is 4.82. The highest BCUT2D eigenvalue weighted by Gasteiger charge is 2.48. The third-order valence-corrected chi connectivity index (χ3v) is 4.82. The van der Waals surface area contributed by atoms with Crippen LogP contribution in [0.3, 0.4) is 0 Å². The van der Waals surface area contributed by atoms with E-state index in [1.165, 1.54) is 18.9 Å². The lowest BCUT2D eigenvalue weighted by Crippen LogP contribution is -2.34. The first-order valence-electron chi connectivity index (χ1n) is 7.08. The van der Waals surface area contributed by atoms with Crippen LogP contribution in [0.15, 0.2) is 28.8 Å². The second-order valence-electron chi connectivity index (χ2n) is 5.87. The lowest BCUT2D eigenvalue weighted by Gasteiger charge is -2.24. The predicted molar refractivity (Wildman–Crippen MR) is 78.5 cm³/mol. The van der Waals surface area contributed by atoms with E-state index in [9.17, 15) is 4.39 Å². The molecule has 0 saturated heterocycles. The molecule has 2 aliphatic rings. The Bertz CT molecular complexity index is 645. The lowest BCUT2D eigenvalue weighted by atomic mass is 9.85. The van der Waals surface area contributed by atoms with Crippen molar-refractivity contribution in [3.8, 4) is 11.4 Å². The summed E-state index contributed by atoms with van der Waals surface area (Å²) < 4.78 is 19.1. The number of halogens is 2. The highest BCUT2D eigenvalue weighted by molar-refractivity contribution is 5.85. The average Bonchev–Trinajstić information content (AvgIpc) is 3.14. The fraction of sp³-hybridized carbons (Fsp3) is 0.467. The van der Waals surface area contributed by atoms with Gasteiger partial charge >= 0.3 is 0 Å². The van der Waals surface area contributed by atoms with Crippen molar-refractivity contribution in [2.45, 2.75) is 31.2 Å². The smallest absolute Gasteiger partial charge is 0.231 e. The maximum absolute atomic E-state index is 13.7. The summed E-state index contributed by atoms with van der Waals surface area (Å²) in [5.74, 6) is 1.81. The Kier molecular flexibility index (Phi) is 3.71. The van der Waals surface area contributed by atoms with Crippen LogP contribution in [-0.2, 0) is 0 Å². The fourth-order valence-electron chi connectivity index (χ4n) is 3.82. The molecular weight excluding hydrogens is 293 g/mol. The maximum Gasteiger partial charge on any atom is 0.231 e. The number of rotatable bonds is 2. The van der Waals surface area contributed by atoms with E-state index in [2.05, 4.69) is 10.1 Å². The van der Waals surface area contributed by atoms with Crippen LogP contribution in [0.25, 0.3) is 11.4 Å². The molecule has 2 bridgehead atoms. The van der Waals surface area contributed by atoms with E-state index in [-0.39, 0.29) is 30.2 Å². The molecule has 4 rings (SSSR count). The van der Waals surface area contributed by atoms with Gasteiger partial charge in [0, 0.05) is 6.04 Å². The van der Waals surface area contributed by atoms with E-state index < -0.39 is 0 Å². The Balaban J connectivity index is 0.00000132. The number of nitrogens with two attached hydrogens (primary N) is 1. The Morgan fingerprint density at radius 2 is 1.95 bits per heavy atom. The zero-order valence-corrected chi connectivity index (χ0v) is 12.2. The molecule has 112 valence electrons. The molecule has 1 aromatic heterocycles. The molecule has 4 atom stereocenters. The maximum atomic E-state index is 13.7. The lowest BCUT2D eigenvalue weighted by molar-refractivity contribution is 0.279. The topological polar surface area (TPSA) is 64.9 Å². The van der Waals surface area contributed by atoms with E-state index in [4.69, 9.17) is 10.3 Å². The van der Waals surface area contributed by atoms with Crippen molar-refractivity contribution in [2.75, 3.05) is 0 Å². The summed E-state index contributed by atoms with van der Waals surface area (Å²) in [6.45, 7) is 0. The molecule has 0 aliphatic heterocycles. The minimum Gasteiger partial charge on any atom is -0.339 e. The van der Waals surface area contributed by atoms with E-state index in [0.29, 0.717) is 29.1 Å². The molecule has 2 aromatic rings. The van der Waals surface area contributed by atoms with Gasteiger partial charge in [0.05, 0.1) is 11.5 Å². The zero-order chi connectivity index (χ0) is 13.7. The van der Waals surface area contributed by atoms with Crippen LogP contribution in [0, 0.1) is 17.7 Å². The van der Waals surface area contributed by atoms with Gasteiger partial charge in [0.2, 0.25) is 11.7 Å². The molecule has 2 N–H and O–H groups in total. The molecule has 4 nitrogen and oxygen atoms in total. The summed E-state index contributed by atoms with van der Waals surface area (Å²) in [6, 6.07) is 6.56. The summed E-state index contributed by atoms with van der Waals surface area (Å²) in [5, 5.41) is 3.93. The SMILES string of the molecule is Cl.NC1C2CCC(C2)C1c1nc(-c2ccccc2F)no1. The van der Waals surface area contributed by atoms with Gasteiger partial charge in [-0.1, -0.05) is 17.3 Å². The van der Waals surface area contributed by atoms with Gasteiger partial charge in [-0.25, -0.2) is 4.39 Å². The molecule has 0 spiro atoms.